The van der Waals surface area contributed by atoms with E-state index in [4.69, 9.17) is 30.5 Å². The van der Waals surface area contributed by atoms with Gasteiger partial charge in [0.05, 0.1) is 18.6 Å². The van der Waals surface area contributed by atoms with Crippen LogP contribution in [0, 0.1) is 45.3 Å². The molecular weight excluding hydrogens is 592 g/mol. The van der Waals surface area contributed by atoms with E-state index in [-0.39, 0.29) is 34.7 Å². The van der Waals surface area contributed by atoms with Crippen LogP contribution in [0.2, 0.25) is 5.02 Å². The summed E-state index contributed by atoms with van der Waals surface area (Å²) in [5.74, 6) is -0.615. The van der Waals surface area contributed by atoms with E-state index in [0.29, 0.717) is 18.4 Å². The quantitative estimate of drug-likeness (QED) is 0.178. The lowest BCUT2D eigenvalue weighted by atomic mass is 9.30. The zero-order chi connectivity index (χ0) is 32.5. The first-order valence-electron chi connectivity index (χ1n) is 16.7. The van der Waals surface area contributed by atoms with Gasteiger partial charge in [-0.05, 0) is 98.1 Å². The molecule has 1 heterocycles. The number of halogens is 1. The SMILES string of the molecule is CC(=O)O[C@H]1C2C(C)(CC[C@@H]3C24CCC4C=C(C)[C@@]3(C)CCc2ccc(Cl)cc2)[C@@H]2COCC2([C@@H](C)OC(C)=O)[C@H]1OC(C)=O. The number of allylic oxidation sites excluding steroid dienone is 2. The third-order valence-corrected chi connectivity index (χ3v) is 13.6. The maximum Gasteiger partial charge on any atom is 0.303 e. The average molecular weight is 641 g/mol. The van der Waals surface area contributed by atoms with Gasteiger partial charge in [-0.15, -0.1) is 0 Å². The van der Waals surface area contributed by atoms with Crippen molar-refractivity contribution in [3.05, 3.63) is 46.5 Å². The first-order valence-corrected chi connectivity index (χ1v) is 17.1. The molecule has 1 aromatic rings. The summed E-state index contributed by atoms with van der Waals surface area (Å²) in [6.07, 6.45) is 6.47. The van der Waals surface area contributed by atoms with Gasteiger partial charge in [-0.3, -0.25) is 14.4 Å². The molecule has 4 fully saturated rings. The van der Waals surface area contributed by atoms with E-state index in [9.17, 15) is 14.4 Å². The highest BCUT2D eigenvalue weighted by molar-refractivity contribution is 6.30. The predicted molar refractivity (Wildman–Crippen MR) is 170 cm³/mol. The molecule has 1 aromatic carbocycles. The summed E-state index contributed by atoms with van der Waals surface area (Å²) in [6, 6.07) is 8.18. The Morgan fingerprint density at radius 2 is 1.67 bits per heavy atom. The number of carbonyl (C=O) groups is 3. The maximum absolute atomic E-state index is 13.0. The molecule has 0 aromatic heterocycles. The van der Waals surface area contributed by atoms with Crippen LogP contribution in [0.5, 0.6) is 0 Å². The van der Waals surface area contributed by atoms with Gasteiger partial charge in [-0.25, -0.2) is 0 Å². The fourth-order valence-electron chi connectivity index (χ4n) is 11.4. The number of hydrogen-bond acceptors (Lipinski definition) is 7. The van der Waals surface area contributed by atoms with Crippen molar-refractivity contribution in [3.63, 3.8) is 0 Å². The number of rotatable bonds is 7. The molecule has 0 bridgehead atoms. The number of benzene rings is 1. The smallest absolute Gasteiger partial charge is 0.303 e. The Hall–Kier alpha value is -2.38. The van der Waals surface area contributed by atoms with Gasteiger partial charge in [0.15, 0.2) is 6.10 Å². The first-order chi connectivity index (χ1) is 21.2. The Balaban J connectivity index is 1.48. The predicted octanol–water partition coefficient (Wildman–Crippen LogP) is 7.13. The highest BCUT2D eigenvalue weighted by Gasteiger charge is 2.78. The summed E-state index contributed by atoms with van der Waals surface area (Å²) in [5, 5.41) is 0.743. The van der Waals surface area contributed by atoms with Crippen molar-refractivity contribution in [3.8, 4) is 0 Å². The lowest BCUT2D eigenvalue weighted by Crippen LogP contribution is -2.76. The second kappa shape index (κ2) is 11.4. The number of ether oxygens (including phenoxy) is 4. The fraction of sp³-hybridized carbons (Fsp3) is 0.703. The molecule has 246 valence electrons. The molecule has 11 atom stereocenters. The van der Waals surface area contributed by atoms with Crippen LogP contribution in [0.3, 0.4) is 0 Å². The Kier molecular flexibility index (Phi) is 8.25. The number of carbonyl (C=O) groups excluding carboxylic acids is 3. The fourth-order valence-corrected chi connectivity index (χ4v) is 11.6. The molecule has 4 aliphatic carbocycles. The molecule has 5 unspecified atom stereocenters. The first kappa shape index (κ1) is 32.6. The maximum atomic E-state index is 13.0. The average Bonchev–Trinajstić information content (AvgIpc) is 3.42. The van der Waals surface area contributed by atoms with Crippen molar-refractivity contribution >= 4 is 29.5 Å². The summed E-state index contributed by atoms with van der Waals surface area (Å²) >= 11 is 6.20. The topological polar surface area (TPSA) is 88.1 Å². The molecule has 5 aliphatic rings. The van der Waals surface area contributed by atoms with Crippen molar-refractivity contribution < 1.29 is 33.3 Å². The van der Waals surface area contributed by atoms with Crippen LogP contribution in [0.1, 0.15) is 86.1 Å². The summed E-state index contributed by atoms with van der Waals surface area (Å²) < 4.78 is 24.9. The molecule has 8 heteroatoms. The lowest BCUT2D eigenvalue weighted by molar-refractivity contribution is -0.305. The van der Waals surface area contributed by atoms with Gasteiger partial charge in [-0.2, -0.15) is 0 Å². The molecule has 45 heavy (non-hydrogen) atoms. The summed E-state index contributed by atoms with van der Waals surface area (Å²) in [6.45, 7) is 14.0. The van der Waals surface area contributed by atoms with E-state index >= 15 is 0 Å². The molecule has 0 N–H and O–H groups in total. The number of hydrogen-bond donors (Lipinski definition) is 0. The van der Waals surface area contributed by atoms with E-state index in [1.165, 1.54) is 31.9 Å². The van der Waals surface area contributed by atoms with Crippen molar-refractivity contribution in [2.24, 2.45) is 45.3 Å². The normalized spacial score (nSPS) is 42.0. The number of esters is 3. The van der Waals surface area contributed by atoms with E-state index in [2.05, 4.69) is 39.0 Å². The molecule has 0 amide bonds. The van der Waals surface area contributed by atoms with Gasteiger partial charge >= 0.3 is 17.9 Å². The number of aryl methyl sites for hydroxylation is 1. The summed E-state index contributed by atoms with van der Waals surface area (Å²) in [5.41, 5.74) is 1.40. The zero-order valence-electron chi connectivity index (χ0n) is 27.8. The molecule has 1 aliphatic heterocycles. The Labute approximate surface area is 272 Å². The van der Waals surface area contributed by atoms with Gasteiger partial charge in [0.1, 0.15) is 12.2 Å². The molecule has 0 radical (unpaired) electrons. The molecular formula is C37H49ClO7. The van der Waals surface area contributed by atoms with Gasteiger partial charge in [-0.1, -0.05) is 49.2 Å². The van der Waals surface area contributed by atoms with Gasteiger partial charge in [0.2, 0.25) is 0 Å². The third-order valence-electron chi connectivity index (χ3n) is 13.4. The second-order valence-electron chi connectivity index (χ2n) is 15.3. The van der Waals surface area contributed by atoms with Crippen LogP contribution in [-0.2, 0) is 39.8 Å². The highest BCUT2D eigenvalue weighted by Crippen LogP contribution is 2.78. The number of fused-ring (bicyclic) bond motifs is 3. The lowest BCUT2D eigenvalue weighted by Gasteiger charge is -2.75. The molecule has 6 rings (SSSR count). The van der Waals surface area contributed by atoms with Crippen LogP contribution in [-0.4, -0.2) is 49.4 Å². The molecule has 7 nitrogen and oxygen atoms in total. The van der Waals surface area contributed by atoms with Gasteiger partial charge in [0.25, 0.3) is 0 Å². The largest absolute Gasteiger partial charge is 0.462 e. The summed E-state index contributed by atoms with van der Waals surface area (Å²) in [4.78, 5) is 38.2. The zero-order valence-corrected chi connectivity index (χ0v) is 28.6. The van der Waals surface area contributed by atoms with Crippen LogP contribution in [0.4, 0.5) is 0 Å². The Bertz CT molecular complexity index is 1390. The van der Waals surface area contributed by atoms with Crippen molar-refractivity contribution in [1.29, 1.82) is 0 Å². The molecule has 1 saturated heterocycles. The minimum atomic E-state index is -0.844. The monoisotopic (exact) mass is 640 g/mol. The minimum absolute atomic E-state index is 0.0515. The second-order valence-corrected chi connectivity index (χ2v) is 15.7. The highest BCUT2D eigenvalue weighted by atomic mass is 35.5. The molecule has 3 saturated carbocycles. The van der Waals surface area contributed by atoms with Gasteiger partial charge < -0.3 is 18.9 Å². The third kappa shape index (κ3) is 4.80. The molecule has 1 spiro atoms. The van der Waals surface area contributed by atoms with Crippen molar-refractivity contribution in [1.82, 2.24) is 0 Å². The van der Waals surface area contributed by atoms with Crippen molar-refractivity contribution in [2.45, 2.75) is 105 Å². The van der Waals surface area contributed by atoms with Crippen LogP contribution in [0.25, 0.3) is 0 Å². The van der Waals surface area contributed by atoms with E-state index in [1.54, 1.807) is 0 Å². The summed E-state index contributed by atoms with van der Waals surface area (Å²) in [7, 11) is 0. The van der Waals surface area contributed by atoms with Crippen LogP contribution >= 0.6 is 11.6 Å². The standard InChI is InChI=1S/C37H49ClO7/c1-21-18-27-13-17-36(27)29(34(21,6)15-12-26-8-10-28(38)11-9-26)14-16-35(7)30-19-42-20-37(30,22(2)43-23(3)39)33(45-25(5)41)31(32(35)36)44-24(4)40/h8-11,18,22,27,29-33H,12-17,19-20H2,1-7H3/t22-,27?,29+,30+,31+,32?,33+,34-,35?,36?,37?/m1/s1. The Morgan fingerprint density at radius 3 is 2.27 bits per heavy atom. The van der Waals surface area contributed by atoms with E-state index in [1.807, 2.05) is 19.1 Å². The van der Waals surface area contributed by atoms with Crippen LogP contribution < -0.4 is 0 Å². The minimum Gasteiger partial charge on any atom is -0.462 e. The van der Waals surface area contributed by atoms with E-state index < -0.39 is 41.6 Å². The van der Waals surface area contributed by atoms with Crippen LogP contribution in [0.15, 0.2) is 35.9 Å². The van der Waals surface area contributed by atoms with E-state index in [0.717, 1.165) is 43.5 Å². The van der Waals surface area contributed by atoms with Gasteiger partial charge in [0, 0.05) is 37.6 Å². The Morgan fingerprint density at radius 1 is 0.978 bits per heavy atom. The van der Waals surface area contributed by atoms with Crippen molar-refractivity contribution in [2.75, 3.05) is 13.2 Å².